The second kappa shape index (κ2) is 4.60. The highest BCUT2D eigenvalue weighted by molar-refractivity contribution is 5.27. The van der Waals surface area contributed by atoms with Gasteiger partial charge in [-0.2, -0.15) is 5.26 Å². The molecule has 3 saturated carbocycles. The van der Waals surface area contributed by atoms with Crippen molar-refractivity contribution in [2.24, 2.45) is 28.6 Å². The van der Waals surface area contributed by atoms with Gasteiger partial charge < -0.3 is 5.11 Å². The van der Waals surface area contributed by atoms with Crippen LogP contribution in [-0.4, -0.2) is 10.7 Å². The SMILES string of the molecule is CC12CC[C@@H]3[C@@H](CC=C4CCCC[C@@]43C)[C@H]1CCC2(O)C#N. The molecule has 4 rings (SSSR count). The monoisotopic (exact) mass is 299 g/mol. The van der Waals surface area contributed by atoms with Gasteiger partial charge >= 0.3 is 0 Å². The Bertz CT molecular complexity index is 561. The van der Waals surface area contributed by atoms with Crippen molar-refractivity contribution in [2.45, 2.75) is 77.2 Å². The van der Waals surface area contributed by atoms with Crippen molar-refractivity contribution in [3.63, 3.8) is 0 Å². The van der Waals surface area contributed by atoms with E-state index in [0.717, 1.165) is 18.8 Å². The van der Waals surface area contributed by atoms with Gasteiger partial charge in [0.1, 0.15) is 0 Å². The average molecular weight is 299 g/mol. The topological polar surface area (TPSA) is 44.0 Å². The van der Waals surface area contributed by atoms with Crippen LogP contribution >= 0.6 is 0 Å². The van der Waals surface area contributed by atoms with Gasteiger partial charge in [0.05, 0.1) is 6.07 Å². The quantitative estimate of drug-likeness (QED) is 0.525. The van der Waals surface area contributed by atoms with Gasteiger partial charge in [-0.15, -0.1) is 0 Å². The van der Waals surface area contributed by atoms with Crippen LogP contribution in [0.3, 0.4) is 0 Å². The Hall–Kier alpha value is -0.810. The molecule has 1 N–H and O–H groups in total. The molecule has 120 valence electrons. The summed E-state index contributed by atoms with van der Waals surface area (Å²) in [5.41, 5.74) is 0.882. The molecule has 0 radical (unpaired) electrons. The number of fused-ring (bicyclic) bond motifs is 5. The number of hydrogen-bond donors (Lipinski definition) is 1. The molecule has 2 unspecified atom stereocenters. The van der Waals surface area contributed by atoms with Crippen molar-refractivity contribution in [3.8, 4) is 6.07 Å². The van der Waals surface area contributed by atoms with Crippen molar-refractivity contribution in [1.29, 1.82) is 5.26 Å². The summed E-state index contributed by atoms with van der Waals surface area (Å²) in [7, 11) is 0. The van der Waals surface area contributed by atoms with E-state index in [1.807, 2.05) is 0 Å². The molecule has 22 heavy (non-hydrogen) atoms. The second-order valence-electron chi connectivity index (χ2n) is 8.93. The summed E-state index contributed by atoms with van der Waals surface area (Å²) >= 11 is 0. The van der Waals surface area contributed by atoms with Crippen LogP contribution in [0.5, 0.6) is 0 Å². The van der Waals surface area contributed by atoms with Crippen LogP contribution in [-0.2, 0) is 0 Å². The molecular weight excluding hydrogens is 270 g/mol. The molecule has 6 atom stereocenters. The number of nitrogens with zero attached hydrogens (tertiary/aromatic N) is 1. The molecule has 0 spiro atoms. The molecule has 0 saturated heterocycles. The molecule has 0 aromatic carbocycles. The highest BCUT2D eigenvalue weighted by Gasteiger charge is 2.63. The van der Waals surface area contributed by atoms with Crippen molar-refractivity contribution in [1.82, 2.24) is 0 Å². The molecule has 3 fully saturated rings. The molecule has 2 heteroatoms. The third kappa shape index (κ3) is 1.64. The number of rotatable bonds is 0. The molecule has 0 bridgehead atoms. The van der Waals surface area contributed by atoms with Crippen molar-refractivity contribution >= 4 is 0 Å². The predicted octanol–water partition coefficient (Wildman–Crippen LogP) is 4.59. The van der Waals surface area contributed by atoms with Crippen molar-refractivity contribution in [3.05, 3.63) is 11.6 Å². The second-order valence-corrected chi connectivity index (χ2v) is 8.93. The zero-order valence-corrected chi connectivity index (χ0v) is 14.1. The van der Waals surface area contributed by atoms with Gasteiger partial charge in [0.25, 0.3) is 0 Å². The molecule has 0 aromatic heterocycles. The van der Waals surface area contributed by atoms with E-state index in [1.54, 1.807) is 5.57 Å². The predicted molar refractivity (Wildman–Crippen MR) is 86.9 cm³/mol. The zero-order valence-electron chi connectivity index (χ0n) is 14.1. The number of nitriles is 1. The minimum atomic E-state index is -1.08. The fourth-order valence-corrected chi connectivity index (χ4v) is 6.90. The number of aliphatic hydroxyl groups is 1. The lowest BCUT2D eigenvalue weighted by atomic mass is 9.47. The molecule has 0 aliphatic heterocycles. The Labute approximate surface area is 134 Å². The first-order valence-corrected chi connectivity index (χ1v) is 9.28. The van der Waals surface area contributed by atoms with Crippen LogP contribution in [0.2, 0.25) is 0 Å². The summed E-state index contributed by atoms with van der Waals surface area (Å²) in [5, 5.41) is 20.4. The van der Waals surface area contributed by atoms with E-state index in [0.29, 0.717) is 23.7 Å². The number of allylic oxidation sites excluding steroid dienone is 2. The molecular formula is C20H29NO. The lowest BCUT2D eigenvalue weighted by molar-refractivity contribution is -0.0950. The lowest BCUT2D eigenvalue weighted by Crippen LogP contribution is -2.53. The van der Waals surface area contributed by atoms with Gasteiger partial charge in [0.2, 0.25) is 0 Å². The molecule has 4 aliphatic carbocycles. The maximum Gasteiger partial charge on any atom is 0.156 e. The first kappa shape index (κ1) is 14.8. The largest absolute Gasteiger partial charge is 0.375 e. The van der Waals surface area contributed by atoms with E-state index in [4.69, 9.17) is 0 Å². The molecule has 2 nitrogen and oxygen atoms in total. The summed E-state index contributed by atoms with van der Waals surface area (Å²) in [4.78, 5) is 0. The Morgan fingerprint density at radius 2 is 1.91 bits per heavy atom. The maximum absolute atomic E-state index is 10.9. The van der Waals surface area contributed by atoms with Crippen LogP contribution in [0.4, 0.5) is 0 Å². The zero-order chi connectivity index (χ0) is 15.6. The average Bonchev–Trinajstić information content (AvgIpc) is 2.79. The molecule has 0 amide bonds. The smallest absolute Gasteiger partial charge is 0.156 e. The minimum Gasteiger partial charge on any atom is -0.375 e. The lowest BCUT2D eigenvalue weighted by Gasteiger charge is -2.57. The highest BCUT2D eigenvalue weighted by atomic mass is 16.3. The Balaban J connectivity index is 1.71. The fourth-order valence-electron chi connectivity index (χ4n) is 6.90. The van der Waals surface area contributed by atoms with Gasteiger partial charge in [0, 0.05) is 5.41 Å². The minimum absolute atomic E-state index is 0.181. The third-order valence-electron chi connectivity index (χ3n) is 8.35. The van der Waals surface area contributed by atoms with Crippen molar-refractivity contribution in [2.75, 3.05) is 0 Å². The maximum atomic E-state index is 10.9. The van der Waals surface area contributed by atoms with E-state index in [9.17, 15) is 10.4 Å². The first-order valence-electron chi connectivity index (χ1n) is 9.28. The van der Waals surface area contributed by atoms with Crippen LogP contribution in [0, 0.1) is 39.9 Å². The molecule has 4 aliphatic rings. The van der Waals surface area contributed by atoms with Crippen LogP contribution in [0.25, 0.3) is 0 Å². The summed E-state index contributed by atoms with van der Waals surface area (Å²) in [5.74, 6) is 2.01. The highest BCUT2D eigenvalue weighted by Crippen LogP contribution is 2.66. The van der Waals surface area contributed by atoms with E-state index >= 15 is 0 Å². The Morgan fingerprint density at radius 1 is 1.14 bits per heavy atom. The van der Waals surface area contributed by atoms with Crippen LogP contribution < -0.4 is 0 Å². The van der Waals surface area contributed by atoms with Gasteiger partial charge in [-0.05, 0) is 74.5 Å². The molecule has 0 aromatic rings. The van der Waals surface area contributed by atoms with E-state index < -0.39 is 5.60 Å². The Morgan fingerprint density at radius 3 is 2.68 bits per heavy atom. The molecule has 0 heterocycles. The summed E-state index contributed by atoms with van der Waals surface area (Å²) in [6, 6.07) is 2.28. The van der Waals surface area contributed by atoms with Gasteiger partial charge in [-0.1, -0.05) is 31.9 Å². The summed E-state index contributed by atoms with van der Waals surface area (Å²) in [6.45, 7) is 4.72. The van der Waals surface area contributed by atoms with E-state index in [-0.39, 0.29) is 5.41 Å². The fraction of sp³-hybridized carbons (Fsp3) is 0.850. The van der Waals surface area contributed by atoms with Crippen LogP contribution in [0.1, 0.15) is 71.6 Å². The number of hydrogen-bond acceptors (Lipinski definition) is 2. The first-order chi connectivity index (χ1) is 10.4. The summed E-state index contributed by atoms with van der Waals surface area (Å²) < 4.78 is 0. The standard InChI is InChI=1S/C20H29NO/c1-18-10-4-3-5-14(18)6-7-15-16(18)8-11-19(2)17(15)9-12-20(19,22)13-21/h6,15-17,22H,3-5,7-12H2,1-2H3/t15-,16-,17-,18+,19?,20?/m1/s1. The van der Waals surface area contributed by atoms with E-state index in [2.05, 4.69) is 26.0 Å². The van der Waals surface area contributed by atoms with Crippen LogP contribution in [0.15, 0.2) is 11.6 Å². The normalized spacial score (nSPS) is 53.7. The van der Waals surface area contributed by atoms with Gasteiger partial charge in [-0.3, -0.25) is 0 Å². The Kier molecular flexibility index (Phi) is 3.09. The van der Waals surface area contributed by atoms with Gasteiger partial charge in [0.15, 0.2) is 5.60 Å². The summed E-state index contributed by atoms with van der Waals surface area (Å²) in [6.07, 6.45) is 13.1. The van der Waals surface area contributed by atoms with Crippen molar-refractivity contribution < 1.29 is 5.11 Å². The van der Waals surface area contributed by atoms with Gasteiger partial charge in [-0.25, -0.2) is 0 Å². The van der Waals surface area contributed by atoms with E-state index in [1.165, 1.54) is 38.5 Å². The third-order valence-corrected chi connectivity index (χ3v) is 8.35.